The van der Waals surface area contributed by atoms with Crippen LogP contribution in [0.15, 0.2) is 0 Å². The van der Waals surface area contributed by atoms with E-state index in [-0.39, 0.29) is 24.8 Å². The molecule has 0 spiro atoms. The van der Waals surface area contributed by atoms with Gasteiger partial charge in [0.15, 0.2) is 0 Å². The molecule has 5 heteroatoms. The van der Waals surface area contributed by atoms with E-state index in [0.29, 0.717) is 13.1 Å². The fraction of sp³-hybridized carbons (Fsp3) is 1.00. The SMILES string of the molecule is Cl.Cl.FC1CN(CC2CNC2)C1. The smallest absolute Gasteiger partial charge is 0.125 e. The summed E-state index contributed by atoms with van der Waals surface area (Å²) in [6.45, 7) is 4.72. The molecule has 2 saturated heterocycles. The van der Waals surface area contributed by atoms with Crippen LogP contribution >= 0.6 is 24.8 Å². The van der Waals surface area contributed by atoms with Crippen molar-refractivity contribution < 1.29 is 4.39 Å². The number of hydrogen-bond acceptors (Lipinski definition) is 2. The van der Waals surface area contributed by atoms with Crippen molar-refractivity contribution in [3.8, 4) is 0 Å². The van der Waals surface area contributed by atoms with Crippen LogP contribution in [0.1, 0.15) is 0 Å². The van der Waals surface area contributed by atoms with Crippen molar-refractivity contribution in [3.63, 3.8) is 0 Å². The largest absolute Gasteiger partial charge is 0.316 e. The number of nitrogens with one attached hydrogen (secondary N) is 1. The van der Waals surface area contributed by atoms with Gasteiger partial charge in [-0.3, -0.25) is 4.90 Å². The first-order chi connectivity index (χ1) is 4.84. The molecule has 0 aromatic heterocycles. The van der Waals surface area contributed by atoms with Crippen LogP contribution in [-0.2, 0) is 0 Å². The van der Waals surface area contributed by atoms with Gasteiger partial charge >= 0.3 is 0 Å². The van der Waals surface area contributed by atoms with Gasteiger partial charge in [0, 0.05) is 32.7 Å². The zero-order chi connectivity index (χ0) is 6.97. The average Bonchev–Trinajstić information content (AvgIpc) is 1.72. The van der Waals surface area contributed by atoms with Crippen LogP contribution in [0.5, 0.6) is 0 Å². The van der Waals surface area contributed by atoms with Gasteiger partial charge in [-0.15, -0.1) is 24.8 Å². The molecular weight excluding hydrogens is 202 g/mol. The predicted octanol–water partition coefficient (Wildman–Crippen LogP) is 0.703. The molecule has 2 aliphatic rings. The highest BCUT2D eigenvalue weighted by molar-refractivity contribution is 5.85. The van der Waals surface area contributed by atoms with Crippen molar-refractivity contribution in [3.05, 3.63) is 0 Å². The first-order valence-electron chi connectivity index (χ1n) is 3.92. The van der Waals surface area contributed by atoms with Gasteiger partial charge in [-0.1, -0.05) is 0 Å². The number of alkyl halides is 1. The second-order valence-electron chi connectivity index (χ2n) is 3.34. The number of halogens is 3. The lowest BCUT2D eigenvalue weighted by atomic mass is 10.0. The van der Waals surface area contributed by atoms with Crippen molar-refractivity contribution in [2.45, 2.75) is 6.17 Å². The maximum absolute atomic E-state index is 12.3. The van der Waals surface area contributed by atoms with Gasteiger partial charge in [-0.2, -0.15) is 0 Å². The molecule has 2 nitrogen and oxygen atoms in total. The van der Waals surface area contributed by atoms with Crippen LogP contribution < -0.4 is 5.32 Å². The molecule has 0 radical (unpaired) electrons. The van der Waals surface area contributed by atoms with E-state index in [1.807, 2.05) is 0 Å². The highest BCUT2D eigenvalue weighted by Crippen LogP contribution is 2.14. The average molecular weight is 217 g/mol. The zero-order valence-corrected chi connectivity index (χ0v) is 8.46. The summed E-state index contributed by atoms with van der Waals surface area (Å²) in [5.41, 5.74) is 0. The van der Waals surface area contributed by atoms with Crippen molar-refractivity contribution in [2.24, 2.45) is 5.92 Å². The van der Waals surface area contributed by atoms with Crippen molar-refractivity contribution in [2.75, 3.05) is 32.7 Å². The fourth-order valence-electron chi connectivity index (χ4n) is 1.50. The Labute approximate surface area is 84.7 Å². The molecule has 0 aromatic carbocycles. The minimum atomic E-state index is -0.534. The third kappa shape index (κ3) is 2.73. The second kappa shape index (κ2) is 5.22. The topological polar surface area (TPSA) is 15.3 Å². The molecule has 0 amide bonds. The standard InChI is InChI=1S/C7H13FN2.2ClH/c8-7-4-10(5-7)3-6-1-9-2-6;;/h6-7,9H,1-5H2;2*1H. The predicted molar refractivity (Wildman–Crippen MR) is 52.2 cm³/mol. The van der Waals surface area contributed by atoms with Gasteiger partial charge in [0.05, 0.1) is 0 Å². The fourth-order valence-corrected chi connectivity index (χ4v) is 1.50. The summed E-state index contributed by atoms with van der Waals surface area (Å²) < 4.78 is 12.3. The van der Waals surface area contributed by atoms with E-state index in [2.05, 4.69) is 10.2 Å². The molecule has 2 aliphatic heterocycles. The van der Waals surface area contributed by atoms with E-state index in [9.17, 15) is 4.39 Å². The van der Waals surface area contributed by atoms with Crippen molar-refractivity contribution >= 4 is 24.8 Å². The zero-order valence-electron chi connectivity index (χ0n) is 6.83. The summed E-state index contributed by atoms with van der Waals surface area (Å²) >= 11 is 0. The number of rotatable bonds is 2. The number of nitrogens with zero attached hydrogens (tertiary/aromatic N) is 1. The van der Waals surface area contributed by atoms with Gasteiger partial charge in [0.1, 0.15) is 6.17 Å². The Kier molecular flexibility index (Phi) is 5.41. The van der Waals surface area contributed by atoms with Gasteiger partial charge < -0.3 is 5.32 Å². The van der Waals surface area contributed by atoms with E-state index < -0.39 is 6.17 Å². The second-order valence-corrected chi connectivity index (χ2v) is 3.34. The van der Waals surface area contributed by atoms with Crippen LogP contribution in [0.4, 0.5) is 4.39 Å². The molecule has 0 aliphatic carbocycles. The van der Waals surface area contributed by atoms with E-state index in [0.717, 1.165) is 25.6 Å². The Hall–Kier alpha value is 0.430. The van der Waals surface area contributed by atoms with Crippen LogP contribution in [0.2, 0.25) is 0 Å². The number of likely N-dealkylation sites (tertiary alicyclic amines) is 1. The van der Waals surface area contributed by atoms with E-state index in [1.54, 1.807) is 0 Å². The Balaban J connectivity index is 0.000000605. The molecule has 0 bridgehead atoms. The maximum Gasteiger partial charge on any atom is 0.125 e. The monoisotopic (exact) mass is 216 g/mol. The molecule has 0 aromatic rings. The van der Waals surface area contributed by atoms with Crippen molar-refractivity contribution in [1.82, 2.24) is 10.2 Å². The summed E-state index contributed by atoms with van der Waals surface area (Å²) in [7, 11) is 0. The summed E-state index contributed by atoms with van der Waals surface area (Å²) in [6, 6.07) is 0. The molecule has 74 valence electrons. The van der Waals surface area contributed by atoms with Gasteiger partial charge in [-0.05, 0) is 5.92 Å². The third-order valence-corrected chi connectivity index (χ3v) is 2.30. The first kappa shape index (κ1) is 12.4. The summed E-state index contributed by atoms with van der Waals surface area (Å²) in [4.78, 5) is 2.19. The quantitative estimate of drug-likeness (QED) is 0.732. The van der Waals surface area contributed by atoms with E-state index in [4.69, 9.17) is 0 Å². The highest BCUT2D eigenvalue weighted by Gasteiger charge is 2.29. The lowest BCUT2D eigenvalue weighted by Crippen LogP contribution is -2.55. The molecule has 2 heterocycles. The molecule has 12 heavy (non-hydrogen) atoms. The molecule has 0 saturated carbocycles. The highest BCUT2D eigenvalue weighted by atomic mass is 35.5. The van der Waals surface area contributed by atoms with Gasteiger partial charge in [0.25, 0.3) is 0 Å². The lowest BCUT2D eigenvalue weighted by molar-refractivity contribution is 0.0436. The first-order valence-corrected chi connectivity index (χ1v) is 3.92. The molecular formula is C7H15Cl2FN2. The van der Waals surface area contributed by atoms with E-state index >= 15 is 0 Å². The minimum absolute atomic E-state index is 0. The summed E-state index contributed by atoms with van der Waals surface area (Å²) in [5.74, 6) is 0.799. The third-order valence-electron chi connectivity index (χ3n) is 2.30. The maximum atomic E-state index is 12.3. The molecule has 2 rings (SSSR count). The summed E-state index contributed by atoms with van der Waals surface area (Å²) in [5, 5.41) is 3.21. The van der Waals surface area contributed by atoms with Crippen LogP contribution in [0.25, 0.3) is 0 Å². The van der Waals surface area contributed by atoms with Gasteiger partial charge in [-0.25, -0.2) is 4.39 Å². The Bertz CT molecular complexity index is 127. The summed E-state index contributed by atoms with van der Waals surface area (Å²) in [6.07, 6.45) is -0.534. The van der Waals surface area contributed by atoms with Gasteiger partial charge in [0.2, 0.25) is 0 Å². The van der Waals surface area contributed by atoms with Crippen LogP contribution in [0.3, 0.4) is 0 Å². The lowest BCUT2D eigenvalue weighted by Gasteiger charge is -2.39. The van der Waals surface area contributed by atoms with E-state index in [1.165, 1.54) is 0 Å². The molecule has 2 fully saturated rings. The Morgan fingerprint density at radius 3 is 2.17 bits per heavy atom. The van der Waals surface area contributed by atoms with Crippen LogP contribution in [-0.4, -0.2) is 43.8 Å². The molecule has 1 N–H and O–H groups in total. The van der Waals surface area contributed by atoms with Crippen LogP contribution in [0, 0.1) is 5.92 Å². The normalized spacial score (nSPS) is 24.8. The molecule has 0 unspecified atom stereocenters. The van der Waals surface area contributed by atoms with Crippen molar-refractivity contribution in [1.29, 1.82) is 0 Å². The Morgan fingerprint density at radius 2 is 1.83 bits per heavy atom. The number of hydrogen-bond donors (Lipinski definition) is 1. The molecule has 0 atom stereocenters. The Morgan fingerprint density at radius 1 is 1.25 bits per heavy atom. The minimum Gasteiger partial charge on any atom is -0.316 e.